The molecule has 0 aliphatic heterocycles. The lowest BCUT2D eigenvalue weighted by Gasteiger charge is -2.15. The SMILES string of the molecule is COc1nc(-c2cccc(-c3cccc(NC(=O)c4ccnn(C)c4=O)c3Cl)c2Cl)ccc1CNCCCC(=O)O. The van der Waals surface area contributed by atoms with Crippen LogP contribution in [0.5, 0.6) is 5.88 Å². The standard InChI is InChI=1S/C29H27Cl2N5O5/c1-36-29(40)21(13-15-33-36)27(39)34-23-9-4-7-19(26(23)31)18-6-3-8-20(25(18)30)22-12-11-17(28(35-22)41-2)16-32-14-5-10-24(37)38/h3-4,6-9,11-13,15,32H,5,10,14,16H2,1-2H3,(H,34,39)(H,37,38). The quantitative estimate of drug-likeness (QED) is 0.205. The average Bonchev–Trinajstić information content (AvgIpc) is 2.95. The van der Waals surface area contributed by atoms with Gasteiger partial charge in [-0.05, 0) is 31.2 Å². The summed E-state index contributed by atoms with van der Waals surface area (Å²) in [6, 6.07) is 15.7. The van der Waals surface area contributed by atoms with Crippen LogP contribution in [0.2, 0.25) is 10.0 Å². The molecule has 0 bridgehead atoms. The van der Waals surface area contributed by atoms with Gasteiger partial charge >= 0.3 is 5.97 Å². The lowest BCUT2D eigenvalue weighted by atomic mass is 10.00. The van der Waals surface area contributed by atoms with Gasteiger partial charge in [-0.25, -0.2) is 9.67 Å². The first-order valence-electron chi connectivity index (χ1n) is 12.6. The van der Waals surface area contributed by atoms with E-state index >= 15 is 0 Å². The van der Waals surface area contributed by atoms with Crippen molar-refractivity contribution in [2.24, 2.45) is 7.05 Å². The van der Waals surface area contributed by atoms with Gasteiger partial charge in [0, 0.05) is 48.5 Å². The van der Waals surface area contributed by atoms with Crippen molar-refractivity contribution in [3.05, 3.63) is 92.3 Å². The summed E-state index contributed by atoms with van der Waals surface area (Å²) in [4.78, 5) is 40.5. The molecular formula is C29H27Cl2N5O5. The van der Waals surface area contributed by atoms with Gasteiger partial charge in [-0.2, -0.15) is 5.10 Å². The number of halogens is 2. The van der Waals surface area contributed by atoms with E-state index in [0.717, 1.165) is 10.2 Å². The van der Waals surface area contributed by atoms with Crippen LogP contribution in [0.4, 0.5) is 5.69 Å². The van der Waals surface area contributed by atoms with Crippen molar-refractivity contribution < 1.29 is 19.4 Å². The van der Waals surface area contributed by atoms with Gasteiger partial charge in [0.05, 0.1) is 28.5 Å². The van der Waals surface area contributed by atoms with E-state index in [1.165, 1.54) is 26.4 Å². The molecule has 0 unspecified atom stereocenters. The maximum Gasteiger partial charge on any atom is 0.303 e. The van der Waals surface area contributed by atoms with E-state index in [1.807, 2.05) is 30.3 Å². The number of carbonyl (C=O) groups excluding carboxylic acids is 1. The van der Waals surface area contributed by atoms with E-state index in [4.69, 9.17) is 33.0 Å². The number of hydrogen-bond acceptors (Lipinski definition) is 7. The Morgan fingerprint density at radius 3 is 2.44 bits per heavy atom. The van der Waals surface area contributed by atoms with Crippen molar-refractivity contribution in [2.45, 2.75) is 19.4 Å². The lowest BCUT2D eigenvalue weighted by molar-refractivity contribution is -0.137. The molecule has 0 saturated heterocycles. The second-order valence-corrected chi connectivity index (χ2v) is 9.76. The molecule has 2 heterocycles. The number of amides is 1. The summed E-state index contributed by atoms with van der Waals surface area (Å²) in [5.41, 5.74) is 2.96. The average molecular weight is 596 g/mol. The molecule has 3 N–H and O–H groups in total. The van der Waals surface area contributed by atoms with Gasteiger partial charge in [-0.1, -0.05) is 59.6 Å². The van der Waals surface area contributed by atoms with E-state index in [0.29, 0.717) is 58.5 Å². The number of carboxylic acids is 1. The summed E-state index contributed by atoms with van der Waals surface area (Å²) in [5.74, 6) is -1.02. The molecule has 41 heavy (non-hydrogen) atoms. The molecule has 4 rings (SSSR count). The molecule has 0 aliphatic rings. The Labute approximate surface area is 245 Å². The number of nitrogens with zero attached hydrogens (tertiary/aromatic N) is 3. The van der Waals surface area contributed by atoms with Gasteiger partial charge in [0.15, 0.2) is 0 Å². The number of anilines is 1. The summed E-state index contributed by atoms with van der Waals surface area (Å²) in [7, 11) is 2.99. The summed E-state index contributed by atoms with van der Waals surface area (Å²) < 4.78 is 6.58. The molecule has 0 fully saturated rings. The predicted octanol–water partition coefficient (Wildman–Crippen LogP) is 5.03. The summed E-state index contributed by atoms with van der Waals surface area (Å²) >= 11 is 13.6. The highest BCUT2D eigenvalue weighted by atomic mass is 35.5. The molecular weight excluding hydrogens is 569 g/mol. The third-order valence-corrected chi connectivity index (χ3v) is 7.07. The van der Waals surface area contributed by atoms with Gasteiger partial charge in [-0.3, -0.25) is 14.4 Å². The van der Waals surface area contributed by atoms with Gasteiger partial charge in [-0.15, -0.1) is 0 Å². The first kappa shape index (κ1) is 29.7. The fourth-order valence-electron chi connectivity index (χ4n) is 4.16. The highest BCUT2D eigenvalue weighted by Gasteiger charge is 2.19. The lowest BCUT2D eigenvalue weighted by Crippen LogP contribution is -2.28. The van der Waals surface area contributed by atoms with Gasteiger partial charge in [0.1, 0.15) is 5.56 Å². The third kappa shape index (κ3) is 6.91. The number of carboxylic acid groups (broad SMARTS) is 1. The van der Waals surface area contributed by atoms with Crippen LogP contribution in [0.25, 0.3) is 22.4 Å². The molecule has 12 heteroatoms. The fourth-order valence-corrected chi connectivity index (χ4v) is 4.76. The first-order chi connectivity index (χ1) is 19.7. The van der Waals surface area contributed by atoms with Crippen LogP contribution in [-0.4, -0.2) is 45.4 Å². The van der Waals surface area contributed by atoms with Crippen LogP contribution in [-0.2, 0) is 18.4 Å². The Morgan fingerprint density at radius 1 is 1.00 bits per heavy atom. The second kappa shape index (κ2) is 13.4. The number of ether oxygens (including phenoxy) is 1. The van der Waals surface area contributed by atoms with E-state index in [1.54, 1.807) is 18.2 Å². The molecule has 0 aliphatic carbocycles. The number of hydrogen-bond donors (Lipinski definition) is 3. The van der Waals surface area contributed by atoms with Crippen LogP contribution < -0.4 is 20.9 Å². The molecule has 0 saturated carbocycles. The number of pyridine rings is 1. The molecule has 0 atom stereocenters. The van der Waals surface area contributed by atoms with E-state index in [-0.39, 0.29) is 17.0 Å². The van der Waals surface area contributed by atoms with Crippen molar-refractivity contribution >= 4 is 40.8 Å². The van der Waals surface area contributed by atoms with Crippen molar-refractivity contribution in [3.63, 3.8) is 0 Å². The van der Waals surface area contributed by atoms with E-state index in [9.17, 15) is 14.4 Å². The molecule has 2 aromatic heterocycles. The molecule has 212 valence electrons. The largest absolute Gasteiger partial charge is 0.481 e. The Bertz CT molecular complexity index is 1660. The van der Waals surface area contributed by atoms with Gasteiger partial charge < -0.3 is 20.5 Å². The Kier molecular flexibility index (Phi) is 9.72. The highest BCUT2D eigenvalue weighted by molar-refractivity contribution is 6.39. The number of aryl methyl sites for hydroxylation is 1. The predicted molar refractivity (Wildman–Crippen MR) is 158 cm³/mol. The number of aliphatic carboxylic acids is 1. The van der Waals surface area contributed by atoms with E-state index in [2.05, 4.69) is 20.7 Å². The fraction of sp³-hybridized carbons (Fsp3) is 0.207. The minimum absolute atomic E-state index is 0.0667. The minimum atomic E-state index is -0.829. The van der Waals surface area contributed by atoms with Crippen LogP contribution in [0.1, 0.15) is 28.8 Å². The van der Waals surface area contributed by atoms with Crippen LogP contribution >= 0.6 is 23.2 Å². The topological polar surface area (TPSA) is 135 Å². The first-order valence-corrected chi connectivity index (χ1v) is 13.3. The Morgan fingerprint density at radius 2 is 1.71 bits per heavy atom. The summed E-state index contributed by atoms with van der Waals surface area (Å²) in [5, 5.41) is 19.2. The number of rotatable bonds is 11. The second-order valence-electron chi connectivity index (χ2n) is 9.00. The normalized spacial score (nSPS) is 10.8. The molecule has 0 radical (unpaired) electrons. The highest BCUT2D eigenvalue weighted by Crippen LogP contribution is 2.41. The Balaban J connectivity index is 1.60. The molecule has 2 aromatic carbocycles. The maximum absolute atomic E-state index is 12.8. The van der Waals surface area contributed by atoms with Crippen molar-refractivity contribution in [1.82, 2.24) is 20.1 Å². The van der Waals surface area contributed by atoms with Crippen LogP contribution in [0.3, 0.4) is 0 Å². The van der Waals surface area contributed by atoms with E-state index < -0.39 is 17.4 Å². The van der Waals surface area contributed by atoms with Crippen molar-refractivity contribution in [1.29, 1.82) is 0 Å². The van der Waals surface area contributed by atoms with Crippen LogP contribution in [0.15, 0.2) is 65.6 Å². The number of carbonyl (C=O) groups is 2. The van der Waals surface area contributed by atoms with Crippen molar-refractivity contribution in [2.75, 3.05) is 19.0 Å². The molecule has 10 nitrogen and oxygen atoms in total. The van der Waals surface area contributed by atoms with Gasteiger partial charge in [0.2, 0.25) is 5.88 Å². The minimum Gasteiger partial charge on any atom is -0.481 e. The maximum atomic E-state index is 12.8. The molecule has 4 aromatic rings. The summed E-state index contributed by atoms with van der Waals surface area (Å²) in [6.07, 6.45) is 1.98. The molecule has 0 spiro atoms. The number of nitrogens with one attached hydrogen (secondary N) is 2. The zero-order valence-corrected chi connectivity index (χ0v) is 23.8. The number of benzene rings is 2. The zero-order chi connectivity index (χ0) is 29.5. The Hall–Kier alpha value is -4.25. The smallest absolute Gasteiger partial charge is 0.303 e. The zero-order valence-electron chi connectivity index (χ0n) is 22.3. The molecule has 1 amide bonds. The van der Waals surface area contributed by atoms with Gasteiger partial charge in [0.25, 0.3) is 11.5 Å². The monoisotopic (exact) mass is 595 g/mol. The van der Waals surface area contributed by atoms with Crippen molar-refractivity contribution in [3.8, 4) is 28.3 Å². The number of methoxy groups -OCH3 is 1. The number of aromatic nitrogens is 3. The summed E-state index contributed by atoms with van der Waals surface area (Å²) in [6.45, 7) is 1.01. The van der Waals surface area contributed by atoms with Crippen LogP contribution in [0, 0.1) is 0 Å². The third-order valence-electron chi connectivity index (χ3n) is 6.25.